The first kappa shape index (κ1) is 13.3. The molecule has 0 bridgehead atoms. The van der Waals surface area contributed by atoms with Gasteiger partial charge in [0.1, 0.15) is 0 Å². The van der Waals surface area contributed by atoms with Crippen molar-refractivity contribution < 1.29 is 0 Å². The third kappa shape index (κ3) is 2.06. The third-order valence-electron chi connectivity index (χ3n) is 4.40. The summed E-state index contributed by atoms with van der Waals surface area (Å²) in [6.45, 7) is 0. The summed E-state index contributed by atoms with van der Waals surface area (Å²) in [5.41, 5.74) is 6.19. The van der Waals surface area contributed by atoms with Crippen molar-refractivity contribution in [3.8, 4) is 0 Å². The number of rotatable bonds is 0. The SMILES string of the molecule is IC1=CCc2c3c(ccc2=C1)=C1CCC=C(I)C1=CC3. The molecule has 0 saturated carbocycles. The number of hydrogen-bond donors (Lipinski definition) is 0. The number of halogens is 2. The lowest BCUT2D eigenvalue weighted by Gasteiger charge is -2.24. The van der Waals surface area contributed by atoms with E-state index in [-0.39, 0.29) is 0 Å². The maximum absolute atomic E-state index is 2.49. The fourth-order valence-corrected chi connectivity index (χ4v) is 4.86. The van der Waals surface area contributed by atoms with Gasteiger partial charge in [0.25, 0.3) is 0 Å². The van der Waals surface area contributed by atoms with E-state index in [0.717, 1.165) is 12.8 Å². The van der Waals surface area contributed by atoms with E-state index in [1.165, 1.54) is 36.0 Å². The topological polar surface area (TPSA) is 0 Å². The van der Waals surface area contributed by atoms with Crippen LogP contribution in [0.15, 0.2) is 43.1 Å². The molecule has 0 fully saturated rings. The van der Waals surface area contributed by atoms with Gasteiger partial charge in [-0.05, 0) is 110 Å². The van der Waals surface area contributed by atoms with E-state index in [2.05, 4.69) is 81.6 Å². The lowest BCUT2D eigenvalue weighted by Crippen LogP contribution is -2.27. The molecule has 2 heteroatoms. The van der Waals surface area contributed by atoms with Crippen LogP contribution in [0.4, 0.5) is 0 Å². The van der Waals surface area contributed by atoms with Crippen LogP contribution in [0.25, 0.3) is 11.6 Å². The molecule has 20 heavy (non-hydrogen) atoms. The smallest absolute Gasteiger partial charge is 0.0162 e. The highest BCUT2D eigenvalue weighted by atomic mass is 127. The van der Waals surface area contributed by atoms with E-state index in [1.54, 1.807) is 16.7 Å². The quantitative estimate of drug-likeness (QED) is 0.488. The first-order valence-electron chi connectivity index (χ1n) is 7.02. The zero-order valence-electron chi connectivity index (χ0n) is 11.0. The van der Waals surface area contributed by atoms with E-state index < -0.39 is 0 Å². The van der Waals surface area contributed by atoms with Crippen LogP contribution in [0.2, 0.25) is 0 Å². The van der Waals surface area contributed by atoms with Gasteiger partial charge >= 0.3 is 0 Å². The van der Waals surface area contributed by atoms with Gasteiger partial charge in [-0.3, -0.25) is 0 Å². The largest absolute Gasteiger partial charge is 0.0715 e. The summed E-state index contributed by atoms with van der Waals surface area (Å²) in [6.07, 6.45) is 14.0. The second-order valence-electron chi connectivity index (χ2n) is 5.49. The van der Waals surface area contributed by atoms with Crippen LogP contribution < -0.4 is 10.4 Å². The summed E-state index contributed by atoms with van der Waals surface area (Å²) in [7, 11) is 0. The molecule has 1 aromatic rings. The molecule has 0 nitrogen and oxygen atoms in total. The Kier molecular flexibility index (Phi) is 3.41. The number of benzene rings is 1. The Bertz CT molecular complexity index is 820. The van der Waals surface area contributed by atoms with Crippen molar-refractivity contribution in [2.24, 2.45) is 0 Å². The summed E-state index contributed by atoms with van der Waals surface area (Å²) in [5, 5.41) is 2.94. The summed E-state index contributed by atoms with van der Waals surface area (Å²) in [6, 6.07) is 4.68. The van der Waals surface area contributed by atoms with E-state index >= 15 is 0 Å². The molecule has 4 rings (SSSR count). The van der Waals surface area contributed by atoms with Gasteiger partial charge in [-0.2, -0.15) is 0 Å². The lowest BCUT2D eigenvalue weighted by molar-refractivity contribution is 0.998. The van der Waals surface area contributed by atoms with Gasteiger partial charge in [0.15, 0.2) is 0 Å². The van der Waals surface area contributed by atoms with Gasteiger partial charge in [0, 0.05) is 7.16 Å². The van der Waals surface area contributed by atoms with Crippen molar-refractivity contribution in [1.29, 1.82) is 0 Å². The Hall–Kier alpha value is -0.360. The molecule has 0 radical (unpaired) electrons. The normalized spacial score (nSPS) is 19.9. The standard InChI is InChI=1S/C18H14I2/c19-12-5-7-13-11(10-12)4-6-16-14-2-1-3-18(20)17(14)9-8-15(13)16/h3-6,9-10H,1-2,7-8H2. The van der Waals surface area contributed by atoms with E-state index in [0.29, 0.717) is 0 Å². The van der Waals surface area contributed by atoms with Gasteiger partial charge < -0.3 is 0 Å². The molecule has 0 N–H and O–H groups in total. The predicted molar refractivity (Wildman–Crippen MR) is 102 cm³/mol. The van der Waals surface area contributed by atoms with E-state index in [4.69, 9.17) is 0 Å². The highest BCUT2D eigenvalue weighted by Gasteiger charge is 2.20. The van der Waals surface area contributed by atoms with Crippen LogP contribution in [-0.2, 0) is 12.8 Å². The average molecular weight is 484 g/mol. The van der Waals surface area contributed by atoms with Crippen LogP contribution in [-0.4, -0.2) is 0 Å². The van der Waals surface area contributed by atoms with Crippen molar-refractivity contribution in [3.63, 3.8) is 0 Å². The maximum Gasteiger partial charge on any atom is 0.0162 e. The molecular weight excluding hydrogens is 470 g/mol. The van der Waals surface area contributed by atoms with Crippen molar-refractivity contribution in [3.05, 3.63) is 64.7 Å². The molecular formula is C18H14I2. The molecule has 0 spiro atoms. The molecule has 0 amide bonds. The van der Waals surface area contributed by atoms with Crippen molar-refractivity contribution in [2.75, 3.05) is 0 Å². The maximum atomic E-state index is 2.49. The molecule has 3 aliphatic rings. The zero-order chi connectivity index (χ0) is 13.7. The van der Waals surface area contributed by atoms with Crippen LogP contribution in [0, 0.1) is 0 Å². The molecule has 0 atom stereocenters. The Morgan fingerprint density at radius 3 is 2.65 bits per heavy atom. The summed E-state index contributed by atoms with van der Waals surface area (Å²) < 4.78 is 2.80. The van der Waals surface area contributed by atoms with E-state index in [1.807, 2.05) is 0 Å². The Balaban J connectivity index is 2.02. The molecule has 0 aromatic heterocycles. The Morgan fingerprint density at radius 1 is 0.900 bits per heavy atom. The van der Waals surface area contributed by atoms with Crippen LogP contribution in [0.5, 0.6) is 0 Å². The summed E-state index contributed by atoms with van der Waals surface area (Å²) in [5.74, 6) is 0. The first-order valence-corrected chi connectivity index (χ1v) is 9.17. The van der Waals surface area contributed by atoms with Crippen molar-refractivity contribution in [2.45, 2.75) is 25.7 Å². The molecule has 1 aromatic carbocycles. The van der Waals surface area contributed by atoms with Gasteiger partial charge in [-0.25, -0.2) is 0 Å². The van der Waals surface area contributed by atoms with E-state index in [9.17, 15) is 0 Å². The first-order chi connectivity index (χ1) is 9.74. The third-order valence-corrected chi connectivity index (χ3v) is 6.17. The molecule has 0 aliphatic heterocycles. The number of fused-ring (bicyclic) bond motifs is 4. The molecule has 0 unspecified atom stereocenters. The van der Waals surface area contributed by atoms with Gasteiger partial charge in [-0.1, -0.05) is 30.4 Å². The number of hydrogen-bond acceptors (Lipinski definition) is 0. The fourth-order valence-electron chi connectivity index (χ4n) is 3.45. The average Bonchev–Trinajstić information content (AvgIpc) is 2.46. The Labute approximate surface area is 146 Å². The number of allylic oxidation sites excluding steroid dienone is 6. The molecule has 0 heterocycles. The van der Waals surface area contributed by atoms with Gasteiger partial charge in [-0.15, -0.1) is 0 Å². The lowest BCUT2D eigenvalue weighted by atomic mass is 9.83. The van der Waals surface area contributed by atoms with Crippen molar-refractivity contribution in [1.82, 2.24) is 0 Å². The highest BCUT2D eigenvalue weighted by Crippen LogP contribution is 2.36. The minimum Gasteiger partial charge on any atom is -0.0715 e. The minimum atomic E-state index is 1.09. The zero-order valence-corrected chi connectivity index (χ0v) is 15.4. The molecule has 0 saturated heterocycles. The monoisotopic (exact) mass is 484 g/mol. The van der Waals surface area contributed by atoms with Gasteiger partial charge in [0.05, 0.1) is 0 Å². The molecule has 100 valence electrons. The summed E-state index contributed by atoms with van der Waals surface area (Å²) in [4.78, 5) is 0. The predicted octanol–water partition coefficient (Wildman–Crippen LogP) is 4.09. The molecule has 3 aliphatic carbocycles. The van der Waals surface area contributed by atoms with Crippen molar-refractivity contribution >= 4 is 56.8 Å². The fraction of sp³-hybridized carbons (Fsp3) is 0.222. The highest BCUT2D eigenvalue weighted by molar-refractivity contribution is 14.1. The van der Waals surface area contributed by atoms with Crippen LogP contribution in [0.3, 0.4) is 0 Å². The van der Waals surface area contributed by atoms with Gasteiger partial charge in [0.2, 0.25) is 0 Å². The minimum absolute atomic E-state index is 1.09. The van der Waals surface area contributed by atoms with Crippen LogP contribution in [0.1, 0.15) is 24.0 Å². The Morgan fingerprint density at radius 2 is 1.75 bits per heavy atom. The summed E-state index contributed by atoms with van der Waals surface area (Å²) >= 11 is 4.91. The second kappa shape index (κ2) is 5.13. The van der Waals surface area contributed by atoms with Crippen LogP contribution >= 0.6 is 45.2 Å². The second-order valence-corrected chi connectivity index (χ2v) is 7.90.